The molecule has 6 rings (SSSR count). The van der Waals surface area contributed by atoms with Gasteiger partial charge in [-0.15, -0.1) is 0 Å². The van der Waals surface area contributed by atoms with Crippen LogP contribution < -0.4 is 0 Å². The van der Waals surface area contributed by atoms with Crippen molar-refractivity contribution in [3.05, 3.63) is 59.2 Å². The Morgan fingerprint density at radius 2 is 1.79 bits per heavy atom. The molecule has 3 aliphatic heterocycles. The van der Waals surface area contributed by atoms with E-state index in [0.717, 1.165) is 37.9 Å². The summed E-state index contributed by atoms with van der Waals surface area (Å²) in [6.07, 6.45) is 3.14. The second-order valence-electron chi connectivity index (χ2n) is 7.43. The highest BCUT2D eigenvalue weighted by Crippen LogP contribution is 2.37. The minimum absolute atomic E-state index is 0.341. The van der Waals surface area contributed by atoms with Gasteiger partial charge in [-0.05, 0) is 66.7 Å². The van der Waals surface area contributed by atoms with Gasteiger partial charge < -0.3 is 5.11 Å². The van der Waals surface area contributed by atoms with E-state index in [1.54, 1.807) is 0 Å². The number of aliphatic hydroxyl groups is 1. The average Bonchev–Trinajstić information content (AvgIpc) is 2.98. The highest BCUT2D eigenvalue weighted by atomic mass is 16.3. The SMILES string of the molecule is OC1(C#Cc2ccc3c(c2)Cc2ccccc2-3)CN2CCC1CC2. The fourth-order valence-corrected chi connectivity index (χ4v) is 4.58. The second-order valence-corrected chi connectivity index (χ2v) is 7.43. The zero-order chi connectivity index (χ0) is 16.1. The minimum atomic E-state index is -0.821. The van der Waals surface area contributed by atoms with Crippen molar-refractivity contribution in [3.8, 4) is 23.0 Å². The van der Waals surface area contributed by atoms with E-state index in [-0.39, 0.29) is 0 Å². The van der Waals surface area contributed by atoms with Gasteiger partial charge in [-0.2, -0.15) is 0 Å². The third-order valence-corrected chi connectivity index (χ3v) is 5.94. The molecule has 3 saturated heterocycles. The molecule has 2 aromatic rings. The smallest absolute Gasteiger partial charge is 0.141 e. The number of rotatable bonds is 0. The number of piperidine rings is 3. The van der Waals surface area contributed by atoms with Gasteiger partial charge in [-0.1, -0.05) is 42.2 Å². The maximum absolute atomic E-state index is 10.9. The lowest BCUT2D eigenvalue weighted by atomic mass is 9.76. The standard InChI is InChI=1S/C22H21NO/c24-22(15-23-11-8-19(22)9-12-23)10-7-16-5-6-21-18(13-16)14-17-3-1-2-4-20(17)21/h1-6,13,19,24H,8-9,11-12,14-15H2. The number of fused-ring (bicyclic) bond motifs is 6. The van der Waals surface area contributed by atoms with Gasteiger partial charge in [0.15, 0.2) is 0 Å². The van der Waals surface area contributed by atoms with Crippen molar-refractivity contribution in [2.24, 2.45) is 5.92 Å². The average molecular weight is 315 g/mol. The third kappa shape index (κ3) is 2.20. The van der Waals surface area contributed by atoms with E-state index in [2.05, 4.69) is 59.2 Å². The number of nitrogens with zero attached hydrogens (tertiary/aromatic N) is 1. The summed E-state index contributed by atoms with van der Waals surface area (Å²) in [5.74, 6) is 6.83. The summed E-state index contributed by atoms with van der Waals surface area (Å²) in [6, 6.07) is 15.1. The molecule has 3 fully saturated rings. The molecule has 24 heavy (non-hydrogen) atoms. The van der Waals surface area contributed by atoms with Gasteiger partial charge in [0.2, 0.25) is 0 Å². The monoisotopic (exact) mass is 315 g/mol. The molecule has 1 N–H and O–H groups in total. The molecule has 3 heterocycles. The van der Waals surface area contributed by atoms with Crippen LogP contribution in [0.15, 0.2) is 42.5 Å². The quantitative estimate of drug-likeness (QED) is 0.645. The van der Waals surface area contributed by atoms with Crippen LogP contribution in [0.25, 0.3) is 11.1 Å². The topological polar surface area (TPSA) is 23.5 Å². The molecule has 1 aliphatic carbocycles. The maximum Gasteiger partial charge on any atom is 0.141 e. The summed E-state index contributed by atoms with van der Waals surface area (Å²) in [4.78, 5) is 2.34. The fraction of sp³-hybridized carbons (Fsp3) is 0.364. The van der Waals surface area contributed by atoms with Gasteiger partial charge in [-0.25, -0.2) is 0 Å². The van der Waals surface area contributed by atoms with Crippen LogP contribution in [-0.4, -0.2) is 35.2 Å². The van der Waals surface area contributed by atoms with E-state index in [9.17, 15) is 5.11 Å². The Kier molecular flexibility index (Phi) is 3.10. The number of benzene rings is 2. The molecule has 120 valence electrons. The maximum atomic E-state index is 10.9. The summed E-state index contributed by atoms with van der Waals surface area (Å²) in [5, 5.41) is 10.9. The molecule has 2 aromatic carbocycles. The molecular weight excluding hydrogens is 294 g/mol. The van der Waals surface area contributed by atoms with Crippen LogP contribution in [0.2, 0.25) is 0 Å². The van der Waals surface area contributed by atoms with Crippen molar-refractivity contribution < 1.29 is 5.11 Å². The van der Waals surface area contributed by atoms with Crippen molar-refractivity contribution in [2.45, 2.75) is 24.9 Å². The van der Waals surface area contributed by atoms with E-state index < -0.39 is 5.60 Å². The second kappa shape index (κ2) is 5.21. The van der Waals surface area contributed by atoms with Crippen molar-refractivity contribution in [1.82, 2.24) is 4.90 Å². The Morgan fingerprint density at radius 1 is 1.00 bits per heavy atom. The Balaban J connectivity index is 1.45. The molecule has 0 amide bonds. The molecule has 0 saturated carbocycles. The number of hydrogen-bond donors (Lipinski definition) is 1. The summed E-state index contributed by atoms with van der Waals surface area (Å²) < 4.78 is 0. The molecule has 0 aromatic heterocycles. The minimum Gasteiger partial charge on any atom is -0.376 e. The predicted octanol–water partition coefficient (Wildman–Crippen LogP) is 3.07. The lowest BCUT2D eigenvalue weighted by molar-refractivity contribution is -0.0713. The molecule has 1 atom stereocenters. The van der Waals surface area contributed by atoms with E-state index in [0.29, 0.717) is 12.5 Å². The molecule has 4 aliphatic rings. The van der Waals surface area contributed by atoms with Crippen LogP contribution in [-0.2, 0) is 6.42 Å². The van der Waals surface area contributed by atoms with Crippen LogP contribution in [0.3, 0.4) is 0 Å². The normalized spacial score (nSPS) is 29.5. The Hall–Kier alpha value is -2.08. The van der Waals surface area contributed by atoms with Gasteiger partial charge >= 0.3 is 0 Å². The molecule has 2 bridgehead atoms. The molecular formula is C22H21NO. The summed E-state index contributed by atoms with van der Waals surface area (Å²) in [6.45, 7) is 2.94. The first-order valence-corrected chi connectivity index (χ1v) is 8.90. The number of hydrogen-bond acceptors (Lipinski definition) is 2. The van der Waals surface area contributed by atoms with Crippen molar-refractivity contribution in [3.63, 3.8) is 0 Å². The first kappa shape index (κ1) is 14.3. The molecule has 1 unspecified atom stereocenters. The van der Waals surface area contributed by atoms with Crippen LogP contribution >= 0.6 is 0 Å². The highest BCUT2D eigenvalue weighted by molar-refractivity contribution is 5.77. The Morgan fingerprint density at radius 3 is 2.58 bits per heavy atom. The Labute approximate surface area is 143 Å². The molecule has 2 nitrogen and oxygen atoms in total. The van der Waals surface area contributed by atoms with E-state index in [1.165, 1.54) is 22.3 Å². The Bertz CT molecular complexity index is 867. The first-order valence-electron chi connectivity index (χ1n) is 8.90. The van der Waals surface area contributed by atoms with Crippen LogP contribution in [0.4, 0.5) is 0 Å². The summed E-state index contributed by atoms with van der Waals surface area (Å²) >= 11 is 0. The fourth-order valence-electron chi connectivity index (χ4n) is 4.58. The van der Waals surface area contributed by atoms with E-state index >= 15 is 0 Å². The summed E-state index contributed by atoms with van der Waals surface area (Å²) in [7, 11) is 0. The van der Waals surface area contributed by atoms with Gasteiger partial charge in [-0.3, -0.25) is 4.90 Å². The third-order valence-electron chi connectivity index (χ3n) is 5.94. The van der Waals surface area contributed by atoms with E-state index in [4.69, 9.17) is 0 Å². The van der Waals surface area contributed by atoms with Gasteiger partial charge in [0.25, 0.3) is 0 Å². The highest BCUT2D eigenvalue weighted by Gasteiger charge is 2.44. The molecule has 2 heteroatoms. The first-order chi connectivity index (χ1) is 11.7. The van der Waals surface area contributed by atoms with Crippen LogP contribution in [0, 0.1) is 17.8 Å². The lowest BCUT2D eigenvalue weighted by Gasteiger charge is -2.47. The van der Waals surface area contributed by atoms with Crippen LogP contribution in [0.5, 0.6) is 0 Å². The lowest BCUT2D eigenvalue weighted by Crippen LogP contribution is -2.58. The molecule has 0 spiro atoms. The van der Waals surface area contributed by atoms with Gasteiger partial charge in [0.05, 0.1) is 0 Å². The van der Waals surface area contributed by atoms with E-state index in [1.807, 2.05) is 0 Å². The largest absolute Gasteiger partial charge is 0.376 e. The van der Waals surface area contributed by atoms with Crippen LogP contribution in [0.1, 0.15) is 29.5 Å². The predicted molar refractivity (Wildman–Crippen MR) is 95.7 cm³/mol. The zero-order valence-electron chi connectivity index (χ0n) is 13.8. The molecule has 0 radical (unpaired) electrons. The van der Waals surface area contributed by atoms with Crippen molar-refractivity contribution in [2.75, 3.05) is 19.6 Å². The zero-order valence-corrected chi connectivity index (χ0v) is 13.8. The van der Waals surface area contributed by atoms with Crippen molar-refractivity contribution >= 4 is 0 Å². The summed E-state index contributed by atoms with van der Waals surface area (Å²) in [5.41, 5.74) is 5.63. The van der Waals surface area contributed by atoms with Crippen molar-refractivity contribution in [1.29, 1.82) is 0 Å². The van der Waals surface area contributed by atoms with Gasteiger partial charge in [0.1, 0.15) is 5.60 Å². The van der Waals surface area contributed by atoms with Gasteiger partial charge in [0, 0.05) is 18.0 Å².